The highest BCUT2D eigenvalue weighted by atomic mass is 19.4. The molecule has 220 valence electrons. The molecule has 1 amide bonds. The van der Waals surface area contributed by atoms with Crippen LogP contribution < -0.4 is 0 Å². The van der Waals surface area contributed by atoms with Crippen LogP contribution in [0.25, 0.3) is 0 Å². The Morgan fingerprint density at radius 3 is 2.08 bits per heavy atom. The third-order valence-corrected chi connectivity index (χ3v) is 6.19. The minimum absolute atomic E-state index is 0.121. The number of nitrogens with zero attached hydrogens (tertiary/aromatic N) is 4. The van der Waals surface area contributed by atoms with E-state index in [1.165, 1.54) is 6.42 Å². The Morgan fingerprint density at radius 2 is 1.55 bits per heavy atom. The Bertz CT molecular complexity index is 1140. The number of hydrogen-bond acceptors (Lipinski definition) is 6. The predicted molar refractivity (Wildman–Crippen MR) is 128 cm³/mol. The lowest BCUT2D eigenvalue weighted by Gasteiger charge is -2.40. The van der Waals surface area contributed by atoms with Crippen LogP contribution in [0.1, 0.15) is 41.0 Å². The van der Waals surface area contributed by atoms with Gasteiger partial charge in [-0.3, -0.25) is 19.7 Å². The van der Waals surface area contributed by atoms with Crippen molar-refractivity contribution in [1.82, 2.24) is 19.8 Å². The molecule has 15 heteroatoms. The Labute approximate surface area is 225 Å². The molecule has 0 radical (unpaired) electrons. The van der Waals surface area contributed by atoms with Crippen molar-refractivity contribution in [3.63, 3.8) is 0 Å². The van der Waals surface area contributed by atoms with E-state index < -0.39 is 24.3 Å². The maximum atomic E-state index is 12.8. The molecule has 2 aromatic heterocycles. The fraction of sp³-hybridized carbons (Fsp3) is 0.480. The van der Waals surface area contributed by atoms with Crippen LogP contribution in [0.4, 0.5) is 26.3 Å². The number of alkyl halides is 6. The van der Waals surface area contributed by atoms with Gasteiger partial charge in [0.25, 0.3) is 5.91 Å². The summed E-state index contributed by atoms with van der Waals surface area (Å²) in [5.74, 6) is -5.39. The van der Waals surface area contributed by atoms with Crippen LogP contribution in [0.3, 0.4) is 0 Å². The second-order valence-electron chi connectivity index (χ2n) is 9.41. The summed E-state index contributed by atoms with van der Waals surface area (Å²) in [6, 6.07) is 9.92. The summed E-state index contributed by atoms with van der Waals surface area (Å²) in [7, 11) is 0. The molecule has 0 saturated carbocycles. The van der Waals surface area contributed by atoms with E-state index in [9.17, 15) is 31.1 Å². The van der Waals surface area contributed by atoms with Crippen LogP contribution in [0, 0.1) is 12.3 Å². The van der Waals surface area contributed by atoms with Crippen LogP contribution in [0.5, 0.6) is 0 Å². The van der Waals surface area contributed by atoms with Crippen molar-refractivity contribution < 1.29 is 50.9 Å². The lowest BCUT2D eigenvalue weighted by Crippen LogP contribution is -2.47. The van der Waals surface area contributed by atoms with E-state index in [2.05, 4.69) is 27.0 Å². The van der Waals surface area contributed by atoms with Gasteiger partial charge in [-0.05, 0) is 57.0 Å². The van der Waals surface area contributed by atoms with Crippen molar-refractivity contribution in [2.75, 3.05) is 26.2 Å². The average Bonchev–Trinajstić information content (AvgIpc) is 3.24. The van der Waals surface area contributed by atoms with Crippen molar-refractivity contribution in [2.24, 2.45) is 5.41 Å². The quantitative estimate of drug-likeness (QED) is 0.520. The number of rotatable bonds is 3. The molecule has 9 nitrogen and oxygen atoms in total. The molecule has 40 heavy (non-hydrogen) atoms. The van der Waals surface area contributed by atoms with E-state index in [0.29, 0.717) is 5.56 Å². The molecule has 0 aromatic carbocycles. The SMILES string of the molecule is Cc1cccc(CN2CCC3(CCCN(C(=O)c4cccnc4)C3)C2)n1.O=C(O)C(F)(F)F.O=C(O)C(F)(F)F. The van der Waals surface area contributed by atoms with E-state index in [0.717, 1.165) is 57.0 Å². The molecular formula is C25H28F6N4O5. The molecule has 1 unspecified atom stereocenters. The first-order valence-electron chi connectivity index (χ1n) is 12.0. The Hall–Kier alpha value is -3.75. The lowest BCUT2D eigenvalue weighted by molar-refractivity contribution is -0.193. The molecule has 2 aromatic rings. The van der Waals surface area contributed by atoms with Gasteiger partial charge in [0, 0.05) is 49.7 Å². The van der Waals surface area contributed by atoms with Gasteiger partial charge in [-0.1, -0.05) is 6.07 Å². The number of carboxylic acids is 2. The van der Waals surface area contributed by atoms with Crippen LogP contribution in [0.2, 0.25) is 0 Å². The number of carbonyl (C=O) groups excluding carboxylic acids is 1. The van der Waals surface area contributed by atoms with E-state index >= 15 is 0 Å². The number of aryl methyl sites for hydroxylation is 1. The number of likely N-dealkylation sites (tertiary alicyclic amines) is 2. The van der Waals surface area contributed by atoms with Crippen LogP contribution >= 0.6 is 0 Å². The third kappa shape index (κ3) is 10.1. The highest BCUT2D eigenvalue weighted by Gasteiger charge is 2.42. The predicted octanol–water partition coefficient (Wildman–Crippen LogP) is 4.18. The van der Waals surface area contributed by atoms with Gasteiger partial charge in [-0.15, -0.1) is 0 Å². The molecule has 2 aliphatic heterocycles. The molecular weight excluding hydrogens is 550 g/mol. The van der Waals surface area contributed by atoms with Crippen molar-refractivity contribution in [3.8, 4) is 0 Å². The number of piperidine rings is 1. The summed E-state index contributed by atoms with van der Waals surface area (Å²) in [4.78, 5) is 43.9. The normalized spacial score (nSPS) is 19.2. The van der Waals surface area contributed by atoms with E-state index in [4.69, 9.17) is 19.8 Å². The van der Waals surface area contributed by atoms with Crippen molar-refractivity contribution in [1.29, 1.82) is 0 Å². The second-order valence-corrected chi connectivity index (χ2v) is 9.41. The number of carbonyl (C=O) groups is 3. The molecule has 2 N–H and O–H groups in total. The summed E-state index contributed by atoms with van der Waals surface area (Å²) in [5, 5.41) is 14.2. The van der Waals surface area contributed by atoms with Gasteiger partial charge in [0.1, 0.15) is 0 Å². The largest absolute Gasteiger partial charge is 0.490 e. The number of hydrogen-bond donors (Lipinski definition) is 2. The summed E-state index contributed by atoms with van der Waals surface area (Å²) in [6.45, 7) is 6.80. The maximum Gasteiger partial charge on any atom is 0.490 e. The molecule has 4 heterocycles. The monoisotopic (exact) mass is 578 g/mol. The summed E-state index contributed by atoms with van der Waals surface area (Å²) < 4.78 is 63.5. The number of aliphatic carboxylic acids is 2. The number of halogens is 6. The van der Waals surface area contributed by atoms with Crippen LogP contribution in [-0.2, 0) is 16.1 Å². The van der Waals surface area contributed by atoms with Crippen LogP contribution in [-0.4, -0.2) is 86.4 Å². The molecule has 1 atom stereocenters. The van der Waals surface area contributed by atoms with Gasteiger partial charge < -0.3 is 15.1 Å². The first-order valence-corrected chi connectivity index (χ1v) is 12.0. The fourth-order valence-corrected chi connectivity index (χ4v) is 4.47. The third-order valence-electron chi connectivity index (χ3n) is 6.19. The first kappa shape index (κ1) is 32.5. The summed E-state index contributed by atoms with van der Waals surface area (Å²) >= 11 is 0. The Kier molecular flexibility index (Phi) is 11.0. The number of carboxylic acid groups (broad SMARTS) is 2. The van der Waals surface area contributed by atoms with Gasteiger partial charge in [0.2, 0.25) is 0 Å². The fourth-order valence-electron chi connectivity index (χ4n) is 4.47. The lowest BCUT2D eigenvalue weighted by atomic mass is 9.79. The molecule has 1 spiro atoms. The molecule has 0 bridgehead atoms. The standard InChI is InChI=1S/C21H26N4O.2C2HF3O2/c1-17-5-2-7-19(23-17)14-24-12-9-21(15-24)8-4-11-25(16-21)20(26)18-6-3-10-22-13-18;2*3-2(4,5)1(6)7/h2-3,5-7,10,13H,4,8-9,11-12,14-16H2,1H3;2*(H,6,7). The second kappa shape index (κ2) is 13.5. The minimum atomic E-state index is -5.08. The van der Waals surface area contributed by atoms with E-state index in [-0.39, 0.29) is 11.3 Å². The van der Waals surface area contributed by atoms with Gasteiger partial charge >= 0.3 is 24.3 Å². The molecule has 0 aliphatic carbocycles. The highest BCUT2D eigenvalue weighted by molar-refractivity contribution is 5.94. The topological polar surface area (TPSA) is 124 Å². The van der Waals surface area contributed by atoms with Gasteiger partial charge in [-0.25, -0.2) is 9.59 Å². The smallest absolute Gasteiger partial charge is 0.475 e. The molecule has 2 fully saturated rings. The minimum Gasteiger partial charge on any atom is -0.475 e. The zero-order chi connectivity index (χ0) is 30.1. The summed E-state index contributed by atoms with van der Waals surface area (Å²) in [6.07, 6.45) is -3.32. The maximum absolute atomic E-state index is 12.8. The zero-order valence-corrected chi connectivity index (χ0v) is 21.4. The summed E-state index contributed by atoms with van der Waals surface area (Å²) in [5.41, 5.74) is 3.15. The highest BCUT2D eigenvalue weighted by Crippen LogP contribution is 2.39. The van der Waals surface area contributed by atoms with Gasteiger partial charge in [0.05, 0.1) is 11.3 Å². The van der Waals surface area contributed by atoms with Gasteiger partial charge in [0.15, 0.2) is 0 Å². The Balaban J connectivity index is 0.000000333. The van der Waals surface area contributed by atoms with E-state index in [1.807, 2.05) is 30.0 Å². The van der Waals surface area contributed by atoms with Crippen LogP contribution in [0.15, 0.2) is 42.7 Å². The molecule has 2 aliphatic rings. The first-order chi connectivity index (χ1) is 18.5. The van der Waals surface area contributed by atoms with Crippen molar-refractivity contribution in [3.05, 3.63) is 59.7 Å². The van der Waals surface area contributed by atoms with Gasteiger partial charge in [-0.2, -0.15) is 26.3 Å². The van der Waals surface area contributed by atoms with E-state index in [1.54, 1.807) is 12.4 Å². The number of pyridine rings is 2. The zero-order valence-electron chi connectivity index (χ0n) is 21.4. The molecule has 2 saturated heterocycles. The Morgan fingerprint density at radius 1 is 0.925 bits per heavy atom. The number of amides is 1. The van der Waals surface area contributed by atoms with Crippen molar-refractivity contribution >= 4 is 17.8 Å². The number of aromatic nitrogens is 2. The van der Waals surface area contributed by atoms with Crippen molar-refractivity contribution in [2.45, 2.75) is 45.1 Å². The average molecular weight is 579 g/mol. The molecule has 4 rings (SSSR count).